The fraction of sp³-hybridized carbons (Fsp3) is 0.357. The summed E-state index contributed by atoms with van der Waals surface area (Å²) in [6.45, 7) is 4.40. The number of carbonyl (C=O) groups excluding carboxylic acids is 1. The minimum atomic E-state index is -0.244. The van der Waals surface area contributed by atoms with Crippen molar-refractivity contribution in [2.75, 3.05) is 17.7 Å². The van der Waals surface area contributed by atoms with Crippen molar-refractivity contribution in [3.63, 3.8) is 0 Å². The van der Waals surface area contributed by atoms with Gasteiger partial charge in [0.05, 0.1) is 22.4 Å². The monoisotopic (exact) mass is 292 g/mol. The van der Waals surface area contributed by atoms with Gasteiger partial charge in [0.25, 0.3) is 0 Å². The van der Waals surface area contributed by atoms with Crippen molar-refractivity contribution >= 4 is 34.4 Å². The molecule has 5 nitrogen and oxygen atoms in total. The van der Waals surface area contributed by atoms with Crippen LogP contribution in [0.3, 0.4) is 0 Å². The smallest absolute Gasteiger partial charge is 0.319 e. The highest BCUT2D eigenvalue weighted by molar-refractivity contribution is 6.17. The van der Waals surface area contributed by atoms with Crippen molar-refractivity contribution in [1.29, 1.82) is 0 Å². The van der Waals surface area contributed by atoms with E-state index in [0.717, 1.165) is 28.8 Å². The number of halogens is 1. The molecular formula is C14H17ClN4O. The Morgan fingerprint density at radius 3 is 2.60 bits per heavy atom. The molecule has 1 aromatic heterocycles. The predicted octanol–water partition coefficient (Wildman–Crippen LogP) is 3.00. The molecule has 0 radical (unpaired) electrons. The van der Waals surface area contributed by atoms with Gasteiger partial charge in [-0.2, -0.15) is 0 Å². The van der Waals surface area contributed by atoms with Crippen LogP contribution in [0.15, 0.2) is 18.2 Å². The molecular weight excluding hydrogens is 276 g/mol. The molecule has 1 aromatic carbocycles. The van der Waals surface area contributed by atoms with Crippen molar-refractivity contribution < 1.29 is 4.79 Å². The van der Waals surface area contributed by atoms with Gasteiger partial charge < -0.3 is 10.6 Å². The first-order valence-electron chi connectivity index (χ1n) is 6.46. The van der Waals surface area contributed by atoms with Crippen molar-refractivity contribution in [2.45, 2.75) is 20.3 Å². The summed E-state index contributed by atoms with van der Waals surface area (Å²) < 4.78 is 0. The second kappa shape index (κ2) is 6.52. The molecule has 106 valence electrons. The van der Waals surface area contributed by atoms with E-state index >= 15 is 0 Å². The van der Waals surface area contributed by atoms with E-state index in [2.05, 4.69) is 20.6 Å². The van der Waals surface area contributed by atoms with Crippen molar-refractivity contribution in [2.24, 2.45) is 0 Å². The molecule has 6 heteroatoms. The van der Waals surface area contributed by atoms with Gasteiger partial charge in [-0.1, -0.05) is 0 Å². The Kier molecular flexibility index (Phi) is 4.74. The molecule has 2 amide bonds. The normalized spacial score (nSPS) is 10.6. The zero-order valence-corrected chi connectivity index (χ0v) is 12.3. The number of urea groups is 1. The lowest BCUT2D eigenvalue weighted by Crippen LogP contribution is -2.29. The van der Waals surface area contributed by atoms with Gasteiger partial charge in [-0.25, -0.2) is 14.8 Å². The Labute approximate surface area is 122 Å². The topological polar surface area (TPSA) is 66.9 Å². The quantitative estimate of drug-likeness (QED) is 0.672. The Morgan fingerprint density at radius 1 is 1.20 bits per heavy atom. The summed E-state index contributed by atoms with van der Waals surface area (Å²) in [7, 11) is 0. The van der Waals surface area contributed by atoms with Gasteiger partial charge in [-0.3, -0.25) is 0 Å². The van der Waals surface area contributed by atoms with Gasteiger partial charge >= 0.3 is 6.03 Å². The van der Waals surface area contributed by atoms with E-state index in [1.165, 1.54) is 0 Å². The number of hydrogen-bond acceptors (Lipinski definition) is 3. The zero-order chi connectivity index (χ0) is 14.5. The van der Waals surface area contributed by atoms with Crippen LogP contribution >= 0.6 is 11.6 Å². The SMILES string of the molecule is Cc1nc2ccc(NC(=O)NCCCCl)cc2nc1C. The van der Waals surface area contributed by atoms with Gasteiger partial charge in [0, 0.05) is 18.1 Å². The minimum absolute atomic E-state index is 0.244. The fourth-order valence-electron chi connectivity index (χ4n) is 1.75. The highest BCUT2D eigenvalue weighted by Gasteiger charge is 2.05. The number of nitrogens with one attached hydrogen (secondary N) is 2. The molecule has 0 bridgehead atoms. The van der Waals surface area contributed by atoms with E-state index in [-0.39, 0.29) is 6.03 Å². The molecule has 20 heavy (non-hydrogen) atoms. The molecule has 1 heterocycles. The fourth-order valence-corrected chi connectivity index (χ4v) is 1.89. The van der Waals surface area contributed by atoms with Crippen molar-refractivity contribution in [1.82, 2.24) is 15.3 Å². The van der Waals surface area contributed by atoms with E-state index in [9.17, 15) is 4.79 Å². The van der Waals surface area contributed by atoms with Gasteiger partial charge in [-0.15, -0.1) is 11.6 Å². The molecule has 0 aliphatic carbocycles. The van der Waals surface area contributed by atoms with E-state index in [0.29, 0.717) is 18.1 Å². The second-order valence-corrected chi connectivity index (χ2v) is 4.90. The molecule has 2 rings (SSSR count). The van der Waals surface area contributed by atoms with E-state index in [1.54, 1.807) is 0 Å². The van der Waals surface area contributed by atoms with Gasteiger partial charge in [0.1, 0.15) is 0 Å². The molecule has 0 fully saturated rings. The third-order valence-electron chi connectivity index (χ3n) is 2.93. The Hall–Kier alpha value is -1.88. The number of fused-ring (bicyclic) bond motifs is 1. The van der Waals surface area contributed by atoms with Gasteiger partial charge in [0.15, 0.2) is 0 Å². The summed E-state index contributed by atoms with van der Waals surface area (Å²) in [6, 6.07) is 5.23. The molecule has 0 spiro atoms. The number of alkyl halides is 1. The summed E-state index contributed by atoms with van der Waals surface area (Å²) in [6.07, 6.45) is 0.747. The van der Waals surface area contributed by atoms with Crippen LogP contribution in [0.1, 0.15) is 17.8 Å². The standard InChI is InChI=1S/C14H17ClN4O/c1-9-10(2)18-13-8-11(4-5-12(13)17-9)19-14(20)16-7-3-6-15/h4-5,8H,3,6-7H2,1-2H3,(H2,16,19,20). The molecule has 0 aliphatic rings. The number of benzene rings is 1. The van der Waals surface area contributed by atoms with Crippen LogP contribution in [0, 0.1) is 13.8 Å². The molecule has 2 N–H and O–H groups in total. The summed E-state index contributed by atoms with van der Waals surface area (Å²) in [5, 5.41) is 5.50. The third-order valence-corrected chi connectivity index (χ3v) is 3.20. The Balaban J connectivity index is 2.11. The molecule has 0 atom stereocenters. The maximum Gasteiger partial charge on any atom is 0.319 e. The summed E-state index contributed by atoms with van der Waals surface area (Å²) in [5.41, 5.74) is 4.09. The Bertz CT molecular complexity index is 630. The first-order chi connectivity index (χ1) is 9.60. The second-order valence-electron chi connectivity index (χ2n) is 4.52. The van der Waals surface area contributed by atoms with Crippen molar-refractivity contribution in [3.05, 3.63) is 29.6 Å². The number of carbonyl (C=O) groups is 1. The van der Waals surface area contributed by atoms with Crippen LogP contribution in [0.2, 0.25) is 0 Å². The summed E-state index contributed by atoms with van der Waals surface area (Å²) in [5.74, 6) is 0.532. The average molecular weight is 293 g/mol. The Morgan fingerprint density at radius 2 is 1.90 bits per heavy atom. The first kappa shape index (κ1) is 14.5. The number of rotatable bonds is 4. The van der Waals surface area contributed by atoms with E-state index < -0.39 is 0 Å². The highest BCUT2D eigenvalue weighted by Crippen LogP contribution is 2.17. The molecule has 2 aromatic rings. The molecule has 0 saturated heterocycles. The zero-order valence-electron chi connectivity index (χ0n) is 11.5. The lowest BCUT2D eigenvalue weighted by Gasteiger charge is -2.08. The lowest BCUT2D eigenvalue weighted by molar-refractivity contribution is 0.252. The van der Waals surface area contributed by atoms with Gasteiger partial charge in [-0.05, 0) is 38.5 Å². The minimum Gasteiger partial charge on any atom is -0.338 e. The van der Waals surface area contributed by atoms with Gasteiger partial charge in [0.2, 0.25) is 0 Å². The highest BCUT2D eigenvalue weighted by atomic mass is 35.5. The molecule has 0 saturated carbocycles. The van der Waals surface area contributed by atoms with Crippen LogP contribution in [-0.2, 0) is 0 Å². The van der Waals surface area contributed by atoms with Crippen LogP contribution in [-0.4, -0.2) is 28.4 Å². The number of aromatic nitrogens is 2. The first-order valence-corrected chi connectivity index (χ1v) is 6.99. The number of aryl methyl sites for hydroxylation is 2. The largest absolute Gasteiger partial charge is 0.338 e. The van der Waals surface area contributed by atoms with Crippen molar-refractivity contribution in [3.8, 4) is 0 Å². The maximum absolute atomic E-state index is 11.6. The molecule has 0 unspecified atom stereocenters. The third kappa shape index (κ3) is 3.57. The maximum atomic E-state index is 11.6. The predicted molar refractivity (Wildman–Crippen MR) is 81.4 cm³/mol. The van der Waals surface area contributed by atoms with E-state index in [1.807, 2.05) is 32.0 Å². The summed E-state index contributed by atoms with van der Waals surface area (Å²) >= 11 is 5.55. The number of nitrogens with zero attached hydrogens (tertiary/aromatic N) is 2. The number of hydrogen-bond donors (Lipinski definition) is 2. The van der Waals surface area contributed by atoms with Crippen LogP contribution in [0.5, 0.6) is 0 Å². The number of anilines is 1. The molecule has 0 aliphatic heterocycles. The van der Waals surface area contributed by atoms with E-state index in [4.69, 9.17) is 11.6 Å². The van der Waals surface area contributed by atoms with Crippen LogP contribution in [0.25, 0.3) is 11.0 Å². The number of amides is 2. The average Bonchev–Trinajstić information content (AvgIpc) is 2.41. The van der Waals surface area contributed by atoms with Crippen LogP contribution < -0.4 is 10.6 Å². The lowest BCUT2D eigenvalue weighted by atomic mass is 10.2. The summed E-state index contributed by atoms with van der Waals surface area (Å²) in [4.78, 5) is 20.6. The van der Waals surface area contributed by atoms with Crippen LogP contribution in [0.4, 0.5) is 10.5 Å².